The lowest BCUT2D eigenvalue weighted by molar-refractivity contribution is 0.793. The zero-order chi connectivity index (χ0) is 87.3. The van der Waals surface area contributed by atoms with Gasteiger partial charge in [0.2, 0.25) is 0 Å². The highest BCUT2D eigenvalue weighted by molar-refractivity contribution is 6.20. The van der Waals surface area contributed by atoms with E-state index in [1.54, 1.807) is 0 Å². The molecule has 0 bridgehead atoms. The van der Waals surface area contributed by atoms with Crippen LogP contribution < -0.4 is 0 Å². The van der Waals surface area contributed by atoms with Gasteiger partial charge in [-0.2, -0.15) is 0 Å². The van der Waals surface area contributed by atoms with Crippen LogP contribution in [0.25, 0.3) is 221 Å². The Hall–Kier alpha value is -17.6. The minimum Gasteiger partial charge on any atom is -0.309 e. The molecule has 6 nitrogen and oxygen atoms in total. The predicted octanol–water partition coefficient (Wildman–Crippen LogP) is 32.3. The molecule has 31 rings (SSSR count). The van der Waals surface area contributed by atoms with Crippen LogP contribution in [0.15, 0.2) is 473 Å². The zero-order valence-electron chi connectivity index (χ0n) is 72.7. The average Bonchev–Trinajstić information content (AvgIpc) is 1.52. The lowest BCUT2D eigenvalue weighted by atomic mass is 9.70. The Balaban J connectivity index is 0.000000128. The average molecular weight is 1700 g/mol. The van der Waals surface area contributed by atoms with Gasteiger partial charge in [-0.15, -0.1) is 0 Å². The number of hydrogen-bond acceptors (Lipinski definition) is 0. The summed E-state index contributed by atoms with van der Waals surface area (Å²) >= 11 is 0. The molecular weight excluding hydrogens is 1620 g/mol. The van der Waals surface area contributed by atoms with Crippen molar-refractivity contribution in [3.63, 3.8) is 0 Å². The van der Waals surface area contributed by atoms with E-state index in [-0.39, 0.29) is 0 Å². The Kier molecular flexibility index (Phi) is 15.0. The largest absolute Gasteiger partial charge is 0.309 e. The minimum absolute atomic E-state index is 0.399. The van der Waals surface area contributed by atoms with Gasteiger partial charge in [-0.05, 0) is 215 Å². The summed E-state index contributed by atoms with van der Waals surface area (Å²) in [7, 11) is 0. The number of aromatic nitrogens is 6. The van der Waals surface area contributed by atoms with E-state index in [1.807, 2.05) is 0 Å². The summed E-state index contributed by atoms with van der Waals surface area (Å²) < 4.78 is 15.1. The molecule has 4 aliphatic rings. The lowest BCUT2D eigenvalue weighted by Gasteiger charge is -2.30. The first-order valence-corrected chi connectivity index (χ1v) is 46.6. The summed E-state index contributed by atoms with van der Waals surface area (Å²) in [6.07, 6.45) is 0. The van der Waals surface area contributed by atoms with Gasteiger partial charge in [-0.25, -0.2) is 0 Å². The molecule has 6 heteroatoms. The molecule has 0 unspecified atom stereocenters. The quantitative estimate of drug-likeness (QED) is 0.152. The van der Waals surface area contributed by atoms with E-state index in [4.69, 9.17) is 0 Å². The highest BCUT2D eigenvalue weighted by Crippen LogP contribution is 2.66. The third-order valence-electron chi connectivity index (χ3n) is 30.5. The monoisotopic (exact) mass is 1700 g/mol. The highest BCUT2D eigenvalue weighted by atomic mass is 15.1. The van der Waals surface area contributed by atoms with Gasteiger partial charge in [-0.1, -0.05) is 358 Å². The molecule has 27 aromatic rings. The van der Waals surface area contributed by atoms with E-state index in [0.717, 1.165) is 45.2 Å². The summed E-state index contributed by atoms with van der Waals surface area (Å²) in [6, 6.07) is 177. The van der Waals surface area contributed by atoms with Gasteiger partial charge in [0.15, 0.2) is 0 Å². The molecule has 0 saturated heterocycles. The van der Waals surface area contributed by atoms with Gasteiger partial charge >= 0.3 is 0 Å². The normalized spacial score (nSPS) is 13.3. The second-order valence-electron chi connectivity index (χ2n) is 36.7. The molecule has 4 aliphatic carbocycles. The second kappa shape index (κ2) is 27.5. The van der Waals surface area contributed by atoms with Crippen molar-refractivity contribution in [2.75, 3.05) is 0 Å². The van der Waals surface area contributed by atoms with Gasteiger partial charge < -0.3 is 27.4 Å². The maximum atomic E-state index is 2.57. The van der Waals surface area contributed by atoms with Crippen molar-refractivity contribution >= 4 is 131 Å². The van der Waals surface area contributed by atoms with Crippen LogP contribution in [-0.4, -0.2) is 27.4 Å². The van der Waals surface area contributed by atoms with Crippen molar-refractivity contribution < 1.29 is 0 Å². The van der Waals surface area contributed by atoms with Crippen LogP contribution in [0.3, 0.4) is 0 Å². The molecule has 2 spiro atoms. The second-order valence-corrected chi connectivity index (χ2v) is 36.7. The molecule has 620 valence electrons. The van der Waals surface area contributed by atoms with Crippen LogP contribution in [0.4, 0.5) is 0 Å². The number of rotatable bonds is 7. The fourth-order valence-electron chi connectivity index (χ4n) is 25.3. The molecule has 0 N–H and O–H groups in total. The Labute approximate surface area is 771 Å². The third-order valence-corrected chi connectivity index (χ3v) is 30.5. The SMILES string of the molecule is c1ccc(-c2ccc3c(c2)c2cc(-n4c5ccccc5c5ccccc54)cc(-n4c5ccccc5c5ccccc54)c2n3-c2ccc3c(c2)-c2ccccc2C32c3ccccc3-c3ccccc32)cc1.c1ccc2c(c1)-c1ccccc1C21c2ccccc2-c2cc(-n3c4ccccc4c4cc(-n5c6ccccc6c6ccccc65)cc(-n5c6ccccc6c6ccccc65)c43)ccc21. The van der Waals surface area contributed by atoms with Gasteiger partial charge in [-0.3, -0.25) is 0 Å². The van der Waals surface area contributed by atoms with E-state index in [2.05, 4.69) is 501 Å². The molecule has 0 aliphatic heterocycles. The molecule has 6 aromatic heterocycles. The molecule has 0 saturated carbocycles. The standard InChI is InChI=1S/C67H41N3.C61H37N3/c1-2-18-42(19-3-1)43-34-37-64-54(38-43)55-40-45(68-60-30-14-7-23-49(60)50-24-8-15-31-61(50)68)41-65(70-62-32-16-9-25-51(62)52-26-10-17-33-63(52)70)66(55)69(64)44-35-36-59-53(39-44)48-22-6-13-29-58(48)67(59)56-27-11-4-20-46(56)47-21-5-12-28-57(47)67;1-9-25-50-40(17-1)41-18-2-10-26-51(41)61(50)52-27-11-3-19-42(52)48-35-38(33-34-53(48)61)63-56-30-14-8-24-47(56)49-36-39(62-54-28-12-4-20-43(54)44-21-5-13-29-55(44)62)37-59(60(49)63)64-57-31-15-6-22-45(57)46-23-7-16-32-58(46)64/h1-41H;1-37H. The fraction of sp³-hybridized carbons (Fsp3) is 0.0156. The maximum Gasteiger partial charge on any atom is 0.0784 e. The van der Waals surface area contributed by atoms with Gasteiger partial charge in [0.1, 0.15) is 0 Å². The van der Waals surface area contributed by atoms with Crippen LogP contribution in [0.5, 0.6) is 0 Å². The number of para-hydroxylation sites is 9. The molecule has 0 atom stereocenters. The van der Waals surface area contributed by atoms with E-state index in [1.165, 1.54) is 220 Å². The summed E-state index contributed by atoms with van der Waals surface area (Å²) in [5, 5.41) is 14.8. The number of nitrogens with zero attached hydrogens (tertiary/aromatic N) is 6. The Morgan fingerprint density at radius 1 is 0.127 bits per heavy atom. The summed E-state index contributed by atoms with van der Waals surface area (Å²) in [5.74, 6) is 0. The molecule has 0 fully saturated rings. The Morgan fingerprint density at radius 2 is 0.366 bits per heavy atom. The molecule has 134 heavy (non-hydrogen) atoms. The summed E-state index contributed by atoms with van der Waals surface area (Å²) in [6.45, 7) is 0. The zero-order valence-corrected chi connectivity index (χ0v) is 72.7. The molecule has 0 amide bonds. The van der Waals surface area contributed by atoms with E-state index in [9.17, 15) is 0 Å². The van der Waals surface area contributed by atoms with E-state index >= 15 is 0 Å². The van der Waals surface area contributed by atoms with Crippen LogP contribution in [0, 0.1) is 0 Å². The van der Waals surface area contributed by atoms with Crippen LogP contribution in [0.2, 0.25) is 0 Å². The van der Waals surface area contributed by atoms with Crippen LogP contribution >= 0.6 is 0 Å². The van der Waals surface area contributed by atoms with E-state index < -0.39 is 10.8 Å². The molecular formula is C128H78N6. The molecule has 21 aromatic carbocycles. The first-order chi connectivity index (χ1) is 66.5. The third kappa shape index (κ3) is 9.66. The fourth-order valence-corrected chi connectivity index (χ4v) is 25.3. The van der Waals surface area contributed by atoms with Gasteiger partial charge in [0.05, 0.1) is 88.4 Å². The van der Waals surface area contributed by atoms with Crippen molar-refractivity contribution in [2.45, 2.75) is 10.8 Å². The van der Waals surface area contributed by atoms with Crippen molar-refractivity contribution in [1.29, 1.82) is 0 Å². The first-order valence-electron chi connectivity index (χ1n) is 46.6. The minimum atomic E-state index is -0.422. The van der Waals surface area contributed by atoms with Crippen LogP contribution in [0.1, 0.15) is 44.5 Å². The van der Waals surface area contributed by atoms with Crippen molar-refractivity contribution in [1.82, 2.24) is 27.4 Å². The van der Waals surface area contributed by atoms with Crippen molar-refractivity contribution in [3.05, 3.63) is 518 Å². The van der Waals surface area contributed by atoms with Crippen molar-refractivity contribution in [2.24, 2.45) is 0 Å². The van der Waals surface area contributed by atoms with Gasteiger partial charge in [0.25, 0.3) is 0 Å². The predicted molar refractivity (Wildman–Crippen MR) is 557 cm³/mol. The highest BCUT2D eigenvalue weighted by Gasteiger charge is 2.53. The van der Waals surface area contributed by atoms with Crippen LogP contribution in [-0.2, 0) is 10.8 Å². The molecule has 0 radical (unpaired) electrons. The topological polar surface area (TPSA) is 29.6 Å². The number of hydrogen-bond donors (Lipinski definition) is 0. The smallest absolute Gasteiger partial charge is 0.0784 e. The molecule has 6 heterocycles. The Bertz CT molecular complexity index is 9510. The van der Waals surface area contributed by atoms with Crippen molar-refractivity contribution in [3.8, 4) is 89.8 Å². The number of fused-ring (bicyclic) bond motifs is 38. The summed E-state index contributed by atoms with van der Waals surface area (Å²) in [5.41, 5.74) is 43.7. The summed E-state index contributed by atoms with van der Waals surface area (Å²) in [4.78, 5) is 0. The van der Waals surface area contributed by atoms with E-state index in [0.29, 0.717) is 0 Å². The number of benzene rings is 21. The lowest BCUT2D eigenvalue weighted by Crippen LogP contribution is -2.25. The Morgan fingerprint density at radius 3 is 0.687 bits per heavy atom. The first kappa shape index (κ1) is 73.3. The van der Waals surface area contributed by atoms with Gasteiger partial charge in [0, 0.05) is 87.4 Å². The maximum absolute atomic E-state index is 2.57.